The number of rotatable bonds is 3. The Morgan fingerprint density at radius 2 is 1.95 bits per heavy atom. The largest absolute Gasteiger partial charge is 0.388 e. The molecule has 4 heteroatoms. The van der Waals surface area contributed by atoms with Crippen molar-refractivity contribution in [1.82, 2.24) is 9.55 Å². The third-order valence-corrected chi connectivity index (χ3v) is 4.62. The monoisotopic (exact) mass is 298 g/mol. The van der Waals surface area contributed by atoms with Gasteiger partial charge in [0.15, 0.2) is 0 Å². The van der Waals surface area contributed by atoms with Crippen molar-refractivity contribution in [2.24, 2.45) is 5.92 Å². The highest BCUT2D eigenvalue weighted by atomic mass is 16.3. The maximum Gasteiger partial charge on any atom is 0.253 e. The molecule has 4 nitrogen and oxygen atoms in total. The number of hydrogen-bond acceptors (Lipinski definition) is 3. The Bertz CT molecular complexity index is 686. The first-order valence-corrected chi connectivity index (χ1v) is 7.90. The third kappa shape index (κ3) is 3.28. The van der Waals surface area contributed by atoms with Crippen LogP contribution in [0.2, 0.25) is 0 Å². The van der Waals surface area contributed by atoms with E-state index in [4.69, 9.17) is 0 Å². The maximum atomic E-state index is 12.3. The number of hydrogen-bond donors (Lipinski definition) is 1. The zero-order chi connectivity index (χ0) is 15.6. The minimum Gasteiger partial charge on any atom is -0.388 e. The molecule has 22 heavy (non-hydrogen) atoms. The molecular formula is C18H22N2O2. The molecule has 0 atom stereocenters. The van der Waals surface area contributed by atoms with Gasteiger partial charge in [-0.25, -0.2) is 4.98 Å². The van der Waals surface area contributed by atoms with Crippen molar-refractivity contribution in [3.63, 3.8) is 0 Å². The number of aliphatic hydroxyl groups is 1. The van der Waals surface area contributed by atoms with Crippen LogP contribution in [0.3, 0.4) is 0 Å². The van der Waals surface area contributed by atoms with E-state index in [2.05, 4.69) is 11.9 Å². The van der Waals surface area contributed by atoms with Gasteiger partial charge in [0.1, 0.15) is 0 Å². The smallest absolute Gasteiger partial charge is 0.253 e. The van der Waals surface area contributed by atoms with Gasteiger partial charge in [0.05, 0.1) is 24.2 Å². The molecular weight excluding hydrogens is 276 g/mol. The van der Waals surface area contributed by atoms with Crippen LogP contribution in [0, 0.1) is 5.92 Å². The molecule has 0 unspecified atom stereocenters. The molecule has 1 saturated carbocycles. The SMILES string of the molecule is CC1CCC(O)(Cn2cnc(-c3ccccc3)cc2=O)CC1. The molecule has 1 aromatic carbocycles. The summed E-state index contributed by atoms with van der Waals surface area (Å²) in [7, 11) is 0. The normalized spacial score (nSPS) is 25.1. The molecule has 116 valence electrons. The van der Waals surface area contributed by atoms with Gasteiger partial charge in [-0.3, -0.25) is 9.36 Å². The predicted molar refractivity (Wildman–Crippen MR) is 86.5 cm³/mol. The van der Waals surface area contributed by atoms with E-state index in [0.29, 0.717) is 18.2 Å². The lowest BCUT2D eigenvalue weighted by molar-refractivity contribution is -0.0227. The summed E-state index contributed by atoms with van der Waals surface area (Å²) in [5.41, 5.74) is 0.718. The second kappa shape index (κ2) is 6.05. The van der Waals surface area contributed by atoms with Gasteiger partial charge in [-0.2, -0.15) is 0 Å². The van der Waals surface area contributed by atoms with E-state index in [9.17, 15) is 9.90 Å². The first-order chi connectivity index (χ1) is 10.6. The van der Waals surface area contributed by atoms with Crippen LogP contribution in [-0.4, -0.2) is 20.3 Å². The number of nitrogens with zero attached hydrogens (tertiary/aromatic N) is 2. The average Bonchev–Trinajstić information content (AvgIpc) is 2.53. The van der Waals surface area contributed by atoms with E-state index in [-0.39, 0.29) is 5.56 Å². The van der Waals surface area contributed by atoms with Gasteiger partial charge in [0.25, 0.3) is 5.56 Å². The van der Waals surface area contributed by atoms with Crippen molar-refractivity contribution in [1.29, 1.82) is 0 Å². The minimum atomic E-state index is -0.772. The Kier molecular flexibility index (Phi) is 4.12. The second-order valence-electron chi connectivity index (χ2n) is 6.51. The first-order valence-electron chi connectivity index (χ1n) is 7.90. The van der Waals surface area contributed by atoms with Gasteiger partial charge < -0.3 is 5.11 Å². The molecule has 1 fully saturated rings. The Balaban J connectivity index is 1.80. The molecule has 0 saturated heterocycles. The second-order valence-corrected chi connectivity index (χ2v) is 6.51. The molecule has 0 spiro atoms. The molecule has 0 amide bonds. The Morgan fingerprint density at radius 1 is 1.27 bits per heavy atom. The van der Waals surface area contributed by atoms with Gasteiger partial charge >= 0.3 is 0 Å². The van der Waals surface area contributed by atoms with Gasteiger partial charge in [0.2, 0.25) is 0 Å². The molecule has 1 aliphatic rings. The topological polar surface area (TPSA) is 55.1 Å². The van der Waals surface area contributed by atoms with Crippen molar-refractivity contribution in [2.45, 2.75) is 44.8 Å². The van der Waals surface area contributed by atoms with Gasteiger partial charge in [-0.05, 0) is 31.6 Å². The van der Waals surface area contributed by atoms with E-state index in [0.717, 1.165) is 31.2 Å². The van der Waals surface area contributed by atoms with Crippen LogP contribution in [0.25, 0.3) is 11.3 Å². The first kappa shape index (κ1) is 15.0. The summed E-state index contributed by atoms with van der Waals surface area (Å²) in [6, 6.07) is 11.2. The van der Waals surface area contributed by atoms with Crippen molar-refractivity contribution in [3.8, 4) is 11.3 Å². The van der Waals surface area contributed by atoms with Gasteiger partial charge in [0, 0.05) is 11.6 Å². The van der Waals surface area contributed by atoms with Crippen LogP contribution in [0.5, 0.6) is 0 Å². The van der Waals surface area contributed by atoms with E-state index < -0.39 is 5.60 Å². The molecule has 1 heterocycles. The summed E-state index contributed by atoms with van der Waals surface area (Å²) in [6.07, 6.45) is 5.09. The summed E-state index contributed by atoms with van der Waals surface area (Å²) in [6.45, 7) is 2.54. The molecule has 1 N–H and O–H groups in total. The van der Waals surface area contributed by atoms with Crippen LogP contribution in [-0.2, 0) is 6.54 Å². The summed E-state index contributed by atoms with van der Waals surface area (Å²) in [4.78, 5) is 16.7. The maximum absolute atomic E-state index is 12.3. The summed E-state index contributed by atoms with van der Waals surface area (Å²) >= 11 is 0. The van der Waals surface area contributed by atoms with E-state index >= 15 is 0 Å². The van der Waals surface area contributed by atoms with Crippen LogP contribution < -0.4 is 5.56 Å². The molecule has 2 aromatic rings. The summed E-state index contributed by atoms with van der Waals surface area (Å²) in [5, 5.41) is 10.7. The van der Waals surface area contributed by atoms with Crippen molar-refractivity contribution >= 4 is 0 Å². The molecule has 0 radical (unpaired) electrons. The van der Waals surface area contributed by atoms with Crippen LogP contribution in [0.4, 0.5) is 0 Å². The highest BCUT2D eigenvalue weighted by Crippen LogP contribution is 2.32. The van der Waals surface area contributed by atoms with Crippen molar-refractivity contribution in [2.75, 3.05) is 0 Å². The van der Waals surface area contributed by atoms with E-state index in [1.807, 2.05) is 30.3 Å². The third-order valence-electron chi connectivity index (χ3n) is 4.62. The number of benzene rings is 1. The Morgan fingerprint density at radius 3 is 2.59 bits per heavy atom. The highest BCUT2D eigenvalue weighted by molar-refractivity contribution is 5.57. The van der Waals surface area contributed by atoms with E-state index in [1.165, 1.54) is 4.57 Å². The Hall–Kier alpha value is -1.94. The lowest BCUT2D eigenvalue weighted by Gasteiger charge is -2.35. The van der Waals surface area contributed by atoms with Crippen LogP contribution in [0.15, 0.2) is 47.5 Å². The fraction of sp³-hybridized carbons (Fsp3) is 0.444. The van der Waals surface area contributed by atoms with Crippen molar-refractivity contribution < 1.29 is 5.11 Å². The molecule has 1 aromatic heterocycles. The Labute approximate surface area is 130 Å². The highest BCUT2D eigenvalue weighted by Gasteiger charge is 2.32. The lowest BCUT2D eigenvalue weighted by Crippen LogP contribution is -2.40. The fourth-order valence-corrected chi connectivity index (χ4v) is 3.09. The predicted octanol–water partition coefficient (Wildman–Crippen LogP) is 2.85. The zero-order valence-corrected chi connectivity index (χ0v) is 12.9. The summed E-state index contributed by atoms with van der Waals surface area (Å²) in [5.74, 6) is 0.663. The lowest BCUT2D eigenvalue weighted by atomic mass is 9.79. The quantitative estimate of drug-likeness (QED) is 0.948. The van der Waals surface area contributed by atoms with E-state index in [1.54, 1.807) is 12.4 Å². The average molecular weight is 298 g/mol. The van der Waals surface area contributed by atoms with Crippen LogP contribution >= 0.6 is 0 Å². The van der Waals surface area contributed by atoms with Gasteiger partial charge in [-0.15, -0.1) is 0 Å². The van der Waals surface area contributed by atoms with Gasteiger partial charge in [-0.1, -0.05) is 37.3 Å². The molecule has 0 bridgehead atoms. The fourth-order valence-electron chi connectivity index (χ4n) is 3.09. The molecule has 1 aliphatic carbocycles. The standard InChI is InChI=1S/C18H22N2O2/c1-14-7-9-18(22,10-8-14)12-20-13-19-16(11-17(20)21)15-5-3-2-4-6-15/h2-6,11,13-14,22H,7-10,12H2,1H3. The summed E-state index contributed by atoms with van der Waals surface area (Å²) < 4.78 is 1.53. The van der Waals surface area contributed by atoms with Crippen molar-refractivity contribution in [3.05, 3.63) is 53.1 Å². The van der Waals surface area contributed by atoms with Crippen LogP contribution in [0.1, 0.15) is 32.6 Å². The number of aromatic nitrogens is 2. The molecule has 0 aliphatic heterocycles. The molecule has 3 rings (SSSR count). The minimum absolute atomic E-state index is 0.110. The zero-order valence-electron chi connectivity index (χ0n) is 12.9.